The third-order valence-electron chi connectivity index (χ3n) is 5.49. The lowest BCUT2D eigenvalue weighted by atomic mass is 10.0. The van der Waals surface area contributed by atoms with Crippen LogP contribution in [0.2, 0.25) is 0 Å². The molecule has 0 spiro atoms. The highest BCUT2D eigenvalue weighted by molar-refractivity contribution is 5.76. The van der Waals surface area contributed by atoms with E-state index in [4.69, 9.17) is 0 Å². The summed E-state index contributed by atoms with van der Waals surface area (Å²) in [6, 6.07) is 7.04. The van der Waals surface area contributed by atoms with Crippen molar-refractivity contribution in [2.24, 2.45) is 5.92 Å². The highest BCUT2D eigenvalue weighted by atomic mass is 19.1. The maximum Gasteiger partial charge on any atom is 0.224 e. The van der Waals surface area contributed by atoms with Crippen LogP contribution in [0.25, 0.3) is 0 Å². The zero-order valence-electron chi connectivity index (χ0n) is 17.1. The number of hydrogen-bond acceptors (Lipinski definition) is 3. The van der Waals surface area contributed by atoms with E-state index in [0.29, 0.717) is 24.9 Å². The Labute approximate surface area is 167 Å². The highest BCUT2D eigenvalue weighted by Crippen LogP contribution is 2.20. The topological polar surface area (TPSA) is 41.4 Å². The Bertz CT molecular complexity index is 771. The number of nitrogens with zero attached hydrogens (tertiary/aromatic N) is 4. The largest absolute Gasteiger partial charge is 0.341 e. The first-order chi connectivity index (χ1) is 13.4. The summed E-state index contributed by atoms with van der Waals surface area (Å²) in [5, 5.41) is 4.27. The molecule has 1 aliphatic rings. The minimum atomic E-state index is -0.204. The molecule has 0 unspecified atom stereocenters. The summed E-state index contributed by atoms with van der Waals surface area (Å²) in [6.07, 6.45) is 5.22. The first-order valence-electron chi connectivity index (χ1n) is 10.2. The van der Waals surface area contributed by atoms with Gasteiger partial charge in [0.15, 0.2) is 0 Å². The Morgan fingerprint density at radius 3 is 2.64 bits per heavy atom. The van der Waals surface area contributed by atoms with E-state index in [1.54, 1.807) is 0 Å². The molecule has 5 nitrogen and oxygen atoms in total. The Morgan fingerprint density at radius 1 is 1.25 bits per heavy atom. The van der Waals surface area contributed by atoms with Crippen LogP contribution in [0.4, 0.5) is 4.39 Å². The quantitative estimate of drug-likeness (QED) is 0.763. The molecule has 1 aromatic carbocycles. The zero-order valence-corrected chi connectivity index (χ0v) is 17.1. The smallest absolute Gasteiger partial charge is 0.224 e. The van der Waals surface area contributed by atoms with Crippen LogP contribution in [-0.2, 0) is 17.9 Å². The van der Waals surface area contributed by atoms with Gasteiger partial charge in [0, 0.05) is 51.4 Å². The fourth-order valence-corrected chi connectivity index (χ4v) is 3.90. The highest BCUT2D eigenvalue weighted by Gasteiger charge is 2.29. The third kappa shape index (κ3) is 5.41. The number of rotatable bonds is 6. The number of amides is 1. The summed E-state index contributed by atoms with van der Waals surface area (Å²) in [4.78, 5) is 17.3. The molecule has 3 rings (SSSR count). The molecule has 0 N–H and O–H groups in total. The van der Waals surface area contributed by atoms with E-state index in [-0.39, 0.29) is 11.7 Å². The number of carbonyl (C=O) groups excluding carboxylic acids is 1. The molecular formula is C22H31FN4O. The number of halogens is 1. The fourth-order valence-electron chi connectivity index (χ4n) is 3.90. The van der Waals surface area contributed by atoms with Crippen molar-refractivity contribution in [1.29, 1.82) is 0 Å². The molecule has 2 aromatic rings. The van der Waals surface area contributed by atoms with Crippen LogP contribution < -0.4 is 0 Å². The zero-order chi connectivity index (χ0) is 20.1. The summed E-state index contributed by atoms with van der Waals surface area (Å²) in [6.45, 7) is 10.3. The standard InChI is InChI=1S/C22H31FN4O/c1-17(2)21-16-26(22(28)9-12-27-14-18(3)13-24-27)11-4-10-25(21)15-19-5-7-20(23)8-6-19/h5-8,13-14,17,21H,4,9-12,15-16H2,1-3H3/t21-/m0/s1. The summed E-state index contributed by atoms with van der Waals surface area (Å²) in [7, 11) is 0. The van der Waals surface area contributed by atoms with Gasteiger partial charge in [0.05, 0.1) is 6.20 Å². The van der Waals surface area contributed by atoms with Crippen LogP contribution >= 0.6 is 0 Å². The molecule has 1 amide bonds. The molecular weight excluding hydrogens is 355 g/mol. The van der Waals surface area contributed by atoms with Gasteiger partial charge >= 0.3 is 0 Å². The van der Waals surface area contributed by atoms with Crippen LogP contribution in [0.5, 0.6) is 0 Å². The number of aromatic nitrogens is 2. The van der Waals surface area contributed by atoms with Crippen LogP contribution in [0.3, 0.4) is 0 Å². The molecule has 0 saturated carbocycles. The Morgan fingerprint density at radius 2 is 2.00 bits per heavy atom. The van der Waals surface area contributed by atoms with Crippen molar-refractivity contribution in [3.05, 3.63) is 53.6 Å². The SMILES string of the molecule is Cc1cnn(CCC(=O)N2CCCN(Cc3ccc(F)cc3)[C@H](C(C)C)C2)c1. The molecule has 1 atom stereocenters. The molecule has 6 heteroatoms. The first-order valence-corrected chi connectivity index (χ1v) is 10.2. The molecule has 152 valence electrons. The van der Waals surface area contributed by atoms with E-state index in [2.05, 4.69) is 23.8 Å². The van der Waals surface area contributed by atoms with Gasteiger partial charge in [0.25, 0.3) is 0 Å². The van der Waals surface area contributed by atoms with Gasteiger partial charge in [-0.05, 0) is 42.5 Å². The molecule has 0 radical (unpaired) electrons. The van der Waals surface area contributed by atoms with E-state index in [9.17, 15) is 9.18 Å². The van der Waals surface area contributed by atoms with Crippen LogP contribution in [-0.4, -0.2) is 51.2 Å². The minimum Gasteiger partial charge on any atom is -0.341 e. The molecule has 2 heterocycles. The lowest BCUT2D eigenvalue weighted by Crippen LogP contribution is -2.45. The Balaban J connectivity index is 1.62. The molecule has 1 aromatic heterocycles. The summed E-state index contributed by atoms with van der Waals surface area (Å²) < 4.78 is 15.0. The number of carbonyl (C=O) groups is 1. The van der Waals surface area contributed by atoms with Crippen molar-refractivity contribution < 1.29 is 9.18 Å². The molecule has 0 bridgehead atoms. The Kier molecular flexibility index (Phi) is 6.83. The second-order valence-electron chi connectivity index (χ2n) is 8.13. The van der Waals surface area contributed by atoms with Gasteiger partial charge in [-0.25, -0.2) is 4.39 Å². The van der Waals surface area contributed by atoms with E-state index >= 15 is 0 Å². The number of hydrogen-bond donors (Lipinski definition) is 0. The summed E-state index contributed by atoms with van der Waals surface area (Å²) in [5.74, 6) is 0.425. The van der Waals surface area contributed by atoms with Gasteiger partial charge in [-0.3, -0.25) is 14.4 Å². The van der Waals surface area contributed by atoms with Crippen molar-refractivity contribution in [2.75, 3.05) is 19.6 Å². The third-order valence-corrected chi connectivity index (χ3v) is 5.49. The van der Waals surface area contributed by atoms with Crippen molar-refractivity contribution in [2.45, 2.75) is 52.7 Å². The van der Waals surface area contributed by atoms with E-state index < -0.39 is 0 Å². The first kappa shape index (κ1) is 20.5. The predicted octanol–water partition coefficient (Wildman–Crippen LogP) is 3.48. The molecule has 0 aliphatic carbocycles. The van der Waals surface area contributed by atoms with E-state index in [0.717, 1.165) is 43.7 Å². The van der Waals surface area contributed by atoms with Crippen molar-refractivity contribution in [3.8, 4) is 0 Å². The molecule has 1 aliphatic heterocycles. The second kappa shape index (κ2) is 9.32. The predicted molar refractivity (Wildman–Crippen MR) is 108 cm³/mol. The fraction of sp³-hybridized carbons (Fsp3) is 0.545. The average molecular weight is 387 g/mol. The molecule has 28 heavy (non-hydrogen) atoms. The van der Waals surface area contributed by atoms with Gasteiger partial charge < -0.3 is 4.90 Å². The molecule has 1 fully saturated rings. The molecule has 1 saturated heterocycles. The van der Waals surface area contributed by atoms with Crippen molar-refractivity contribution >= 4 is 5.91 Å². The van der Waals surface area contributed by atoms with Crippen molar-refractivity contribution in [1.82, 2.24) is 19.6 Å². The van der Waals surface area contributed by atoms with Gasteiger partial charge in [-0.2, -0.15) is 5.10 Å². The average Bonchev–Trinajstić information content (AvgIpc) is 2.96. The van der Waals surface area contributed by atoms with Gasteiger partial charge in [-0.15, -0.1) is 0 Å². The summed E-state index contributed by atoms with van der Waals surface area (Å²) >= 11 is 0. The van der Waals surface area contributed by atoms with Crippen LogP contribution in [0.1, 0.15) is 37.8 Å². The van der Waals surface area contributed by atoms with Gasteiger partial charge in [0.1, 0.15) is 5.82 Å². The number of aryl methyl sites for hydroxylation is 2. The second-order valence-corrected chi connectivity index (χ2v) is 8.13. The summed E-state index contributed by atoms with van der Waals surface area (Å²) in [5.41, 5.74) is 2.22. The normalized spacial score (nSPS) is 18.5. The lowest BCUT2D eigenvalue weighted by molar-refractivity contribution is -0.132. The lowest BCUT2D eigenvalue weighted by Gasteiger charge is -2.34. The minimum absolute atomic E-state index is 0.197. The maximum absolute atomic E-state index is 13.2. The monoisotopic (exact) mass is 386 g/mol. The van der Waals surface area contributed by atoms with E-state index in [1.165, 1.54) is 12.1 Å². The van der Waals surface area contributed by atoms with Crippen molar-refractivity contribution in [3.63, 3.8) is 0 Å². The van der Waals surface area contributed by atoms with Gasteiger partial charge in [0.2, 0.25) is 5.91 Å². The number of benzene rings is 1. The van der Waals surface area contributed by atoms with E-state index in [1.807, 2.05) is 41.0 Å². The van der Waals surface area contributed by atoms with Gasteiger partial charge in [-0.1, -0.05) is 26.0 Å². The van der Waals surface area contributed by atoms with Crippen LogP contribution in [0, 0.1) is 18.7 Å². The van der Waals surface area contributed by atoms with Crippen LogP contribution in [0.15, 0.2) is 36.7 Å². The Hall–Kier alpha value is -2.21. The maximum atomic E-state index is 13.2.